The third-order valence-corrected chi connectivity index (χ3v) is 2.77. The Bertz CT molecular complexity index is 213. The number of carbonyl (C=O) groups excluding carboxylic acids is 1. The smallest absolute Gasteiger partial charge is 0.330 e. The Kier molecular flexibility index (Phi) is 3.69. The van der Waals surface area contributed by atoms with E-state index < -0.39 is 0 Å². The molecule has 1 rings (SSSR count). The fourth-order valence-electron chi connectivity index (χ4n) is 1.75. The minimum atomic E-state index is -0.344. The zero-order valence-corrected chi connectivity index (χ0v) is 8.91. The molecular weight excluding hydrogens is 180 g/mol. The third kappa shape index (κ3) is 2.58. The summed E-state index contributed by atoms with van der Waals surface area (Å²) < 4.78 is 10.3. The van der Waals surface area contributed by atoms with Crippen LogP contribution in [-0.2, 0) is 14.3 Å². The molecule has 0 amide bonds. The predicted octanol–water partition coefficient (Wildman–Crippen LogP) is 1.92. The molecule has 1 heterocycles. The second kappa shape index (κ2) is 4.60. The Morgan fingerprint density at radius 3 is 2.71 bits per heavy atom. The monoisotopic (exact) mass is 198 g/mol. The van der Waals surface area contributed by atoms with E-state index in [1.807, 2.05) is 6.92 Å². The largest absolute Gasteiger partial charge is 0.460 e. The summed E-state index contributed by atoms with van der Waals surface area (Å²) in [5, 5.41) is 0. The molecule has 3 nitrogen and oxygen atoms in total. The molecule has 1 aliphatic heterocycles. The summed E-state index contributed by atoms with van der Waals surface area (Å²) in [7, 11) is 0. The molecule has 1 fully saturated rings. The van der Waals surface area contributed by atoms with Crippen molar-refractivity contribution in [2.24, 2.45) is 5.41 Å². The number of hydrogen-bond acceptors (Lipinski definition) is 3. The van der Waals surface area contributed by atoms with Gasteiger partial charge in [-0.25, -0.2) is 4.79 Å². The molecule has 0 aromatic rings. The maximum Gasteiger partial charge on any atom is 0.330 e. The molecule has 0 spiro atoms. The van der Waals surface area contributed by atoms with Crippen LogP contribution in [0.5, 0.6) is 0 Å². The van der Waals surface area contributed by atoms with E-state index in [0.29, 0.717) is 0 Å². The molecule has 14 heavy (non-hydrogen) atoms. The lowest BCUT2D eigenvalue weighted by Gasteiger charge is -2.42. The molecule has 1 aliphatic rings. The van der Waals surface area contributed by atoms with Gasteiger partial charge in [-0.3, -0.25) is 0 Å². The van der Waals surface area contributed by atoms with Gasteiger partial charge in [0.15, 0.2) is 0 Å². The van der Waals surface area contributed by atoms with Crippen molar-refractivity contribution in [2.45, 2.75) is 32.8 Å². The number of ether oxygens (including phenoxy) is 2. The van der Waals surface area contributed by atoms with Gasteiger partial charge in [0.05, 0.1) is 13.2 Å². The fraction of sp³-hybridized carbons (Fsp3) is 0.727. The van der Waals surface area contributed by atoms with Gasteiger partial charge in [0.2, 0.25) is 0 Å². The van der Waals surface area contributed by atoms with Gasteiger partial charge in [-0.1, -0.05) is 13.5 Å². The lowest BCUT2D eigenvalue weighted by molar-refractivity contribution is -0.156. The van der Waals surface area contributed by atoms with Gasteiger partial charge in [-0.2, -0.15) is 0 Å². The van der Waals surface area contributed by atoms with E-state index in [1.165, 1.54) is 6.08 Å². The van der Waals surface area contributed by atoms with Crippen molar-refractivity contribution < 1.29 is 14.3 Å². The Balaban J connectivity index is 2.35. The highest BCUT2D eigenvalue weighted by molar-refractivity contribution is 5.81. The average Bonchev–Trinajstić information content (AvgIpc) is 2.11. The van der Waals surface area contributed by atoms with Gasteiger partial charge in [0.1, 0.15) is 6.10 Å². The van der Waals surface area contributed by atoms with Crippen LogP contribution in [0.25, 0.3) is 0 Å². The second-order valence-electron chi connectivity index (χ2n) is 4.00. The molecule has 0 aliphatic carbocycles. The van der Waals surface area contributed by atoms with Crippen LogP contribution in [0, 0.1) is 5.41 Å². The van der Waals surface area contributed by atoms with Crippen LogP contribution in [-0.4, -0.2) is 25.3 Å². The van der Waals surface area contributed by atoms with Crippen molar-refractivity contribution in [3.63, 3.8) is 0 Å². The summed E-state index contributed by atoms with van der Waals surface area (Å²) in [5.41, 5.74) is 0.237. The number of esters is 1. The molecular formula is C11H18O3. The van der Waals surface area contributed by atoms with Crippen LogP contribution >= 0.6 is 0 Å². The maximum absolute atomic E-state index is 10.9. The molecule has 0 aromatic heterocycles. The quantitative estimate of drug-likeness (QED) is 0.500. The Hall–Kier alpha value is -0.830. The summed E-state index contributed by atoms with van der Waals surface area (Å²) in [5.74, 6) is -0.344. The second-order valence-corrected chi connectivity index (χ2v) is 4.00. The molecule has 1 saturated heterocycles. The van der Waals surface area contributed by atoms with Crippen LogP contribution in [0.1, 0.15) is 26.7 Å². The first-order valence-corrected chi connectivity index (χ1v) is 5.03. The number of hydrogen-bond donors (Lipinski definition) is 0. The molecule has 0 bridgehead atoms. The van der Waals surface area contributed by atoms with E-state index in [9.17, 15) is 4.79 Å². The van der Waals surface area contributed by atoms with Gasteiger partial charge in [0, 0.05) is 11.5 Å². The topological polar surface area (TPSA) is 35.5 Å². The third-order valence-electron chi connectivity index (χ3n) is 2.77. The van der Waals surface area contributed by atoms with Gasteiger partial charge in [-0.05, 0) is 19.8 Å². The van der Waals surface area contributed by atoms with Crippen molar-refractivity contribution in [2.75, 3.05) is 13.2 Å². The minimum Gasteiger partial charge on any atom is -0.460 e. The van der Waals surface area contributed by atoms with Crippen molar-refractivity contribution in [1.82, 2.24) is 0 Å². The Morgan fingerprint density at radius 1 is 1.71 bits per heavy atom. The highest BCUT2D eigenvalue weighted by Gasteiger charge is 2.38. The summed E-state index contributed by atoms with van der Waals surface area (Å²) in [6, 6.07) is 0. The van der Waals surface area contributed by atoms with Gasteiger partial charge in [0.25, 0.3) is 0 Å². The van der Waals surface area contributed by atoms with E-state index in [4.69, 9.17) is 9.47 Å². The van der Waals surface area contributed by atoms with Crippen molar-refractivity contribution in [1.29, 1.82) is 0 Å². The first-order chi connectivity index (χ1) is 6.62. The minimum absolute atomic E-state index is 0.0515. The van der Waals surface area contributed by atoms with E-state index in [-0.39, 0.29) is 17.5 Å². The van der Waals surface area contributed by atoms with Crippen molar-refractivity contribution >= 4 is 5.97 Å². The lowest BCUT2D eigenvalue weighted by Crippen LogP contribution is -2.44. The molecule has 1 unspecified atom stereocenters. The van der Waals surface area contributed by atoms with Gasteiger partial charge < -0.3 is 9.47 Å². The number of carbonyl (C=O) groups is 1. The molecule has 80 valence electrons. The molecule has 0 saturated carbocycles. The Labute approximate surface area is 85.1 Å². The van der Waals surface area contributed by atoms with Crippen LogP contribution in [0.15, 0.2) is 12.7 Å². The first-order valence-electron chi connectivity index (χ1n) is 5.03. The van der Waals surface area contributed by atoms with Crippen LogP contribution in [0.3, 0.4) is 0 Å². The molecule has 0 radical (unpaired) electrons. The molecule has 1 atom stereocenters. The predicted molar refractivity (Wildman–Crippen MR) is 53.9 cm³/mol. The van der Waals surface area contributed by atoms with Crippen LogP contribution < -0.4 is 0 Å². The van der Waals surface area contributed by atoms with E-state index >= 15 is 0 Å². The maximum atomic E-state index is 10.9. The lowest BCUT2D eigenvalue weighted by atomic mass is 9.78. The number of rotatable bonds is 5. The van der Waals surface area contributed by atoms with Crippen molar-refractivity contribution in [3.05, 3.63) is 12.7 Å². The average molecular weight is 198 g/mol. The van der Waals surface area contributed by atoms with E-state index in [2.05, 4.69) is 13.5 Å². The molecule has 3 heteroatoms. The molecule has 0 N–H and O–H groups in total. The Morgan fingerprint density at radius 2 is 2.36 bits per heavy atom. The van der Waals surface area contributed by atoms with E-state index in [0.717, 1.165) is 26.1 Å². The summed E-state index contributed by atoms with van der Waals surface area (Å²) in [6.07, 6.45) is 3.10. The normalized spacial score (nSPS) is 20.7. The summed E-state index contributed by atoms with van der Waals surface area (Å²) in [6.45, 7) is 9.00. The highest BCUT2D eigenvalue weighted by Crippen LogP contribution is 2.36. The first kappa shape index (κ1) is 11.2. The SMILES string of the molecule is C=CC(=O)OC(C)CC1(CC)COC1. The van der Waals surface area contributed by atoms with E-state index in [1.54, 1.807) is 0 Å². The fourth-order valence-corrected chi connectivity index (χ4v) is 1.75. The summed E-state index contributed by atoms with van der Waals surface area (Å²) >= 11 is 0. The zero-order valence-electron chi connectivity index (χ0n) is 8.91. The van der Waals surface area contributed by atoms with Crippen molar-refractivity contribution in [3.8, 4) is 0 Å². The molecule has 0 aromatic carbocycles. The van der Waals surface area contributed by atoms with Gasteiger partial charge in [-0.15, -0.1) is 0 Å². The summed E-state index contributed by atoms with van der Waals surface area (Å²) in [4.78, 5) is 10.9. The van der Waals surface area contributed by atoms with Crippen LogP contribution in [0.2, 0.25) is 0 Å². The zero-order chi connectivity index (χ0) is 10.6. The standard InChI is InChI=1S/C11H18O3/c1-4-10(12)14-9(3)6-11(5-2)7-13-8-11/h4,9H,1,5-8H2,2-3H3. The van der Waals surface area contributed by atoms with Crippen LogP contribution in [0.4, 0.5) is 0 Å². The van der Waals surface area contributed by atoms with Gasteiger partial charge >= 0.3 is 5.97 Å². The highest BCUT2D eigenvalue weighted by atomic mass is 16.5.